The lowest BCUT2D eigenvalue weighted by Crippen LogP contribution is -2.58. The Morgan fingerprint density at radius 3 is 2.43 bits per heavy atom. The Labute approximate surface area is 222 Å². The quantitative estimate of drug-likeness (QED) is 0.288. The summed E-state index contributed by atoms with van der Waals surface area (Å²) in [6, 6.07) is -1.28. The minimum atomic E-state index is -0.730. The molecular formula is C26H40BrN3O4S. The molecule has 3 saturated heterocycles. The van der Waals surface area contributed by atoms with Gasteiger partial charge in [-0.15, -0.1) is 24.9 Å². The molecule has 3 aliphatic heterocycles. The molecule has 3 amide bonds. The molecule has 0 aliphatic carbocycles. The Bertz CT molecular complexity index is 850. The number of hydrogen-bond acceptors (Lipinski definition) is 5. The lowest BCUT2D eigenvalue weighted by molar-refractivity contribution is -0.147. The SMILES string of the molecule is C=CCN(CCC)C(=O)[C@H]1[C@@H]2SC3(CC2Br)C(C(=O)N(CC=C)C(C)C)N([C@@H](CC)CO)C(=O)[C@H]13. The van der Waals surface area contributed by atoms with Crippen molar-refractivity contribution >= 4 is 45.4 Å². The van der Waals surface area contributed by atoms with Crippen LogP contribution in [0.3, 0.4) is 0 Å². The molecule has 3 rings (SSSR count). The third kappa shape index (κ3) is 4.61. The summed E-state index contributed by atoms with van der Waals surface area (Å²) in [6.45, 7) is 16.7. The molecule has 0 aromatic rings. The molecule has 1 spiro atoms. The molecule has 7 atom stereocenters. The number of alkyl halides is 1. The van der Waals surface area contributed by atoms with Crippen LogP contribution in [0.4, 0.5) is 0 Å². The van der Waals surface area contributed by atoms with Gasteiger partial charge in [-0.25, -0.2) is 0 Å². The second kappa shape index (κ2) is 11.4. The van der Waals surface area contributed by atoms with Crippen LogP contribution in [-0.4, -0.2) is 96.7 Å². The predicted molar refractivity (Wildman–Crippen MR) is 144 cm³/mol. The second-order valence-corrected chi connectivity index (χ2v) is 12.8. The summed E-state index contributed by atoms with van der Waals surface area (Å²) in [5, 5.41) is 10.1. The smallest absolute Gasteiger partial charge is 0.247 e. The predicted octanol–water partition coefficient (Wildman–Crippen LogP) is 3.07. The number of aliphatic hydroxyl groups is 1. The van der Waals surface area contributed by atoms with E-state index in [0.29, 0.717) is 32.5 Å². The molecule has 35 heavy (non-hydrogen) atoms. The van der Waals surface area contributed by atoms with E-state index in [2.05, 4.69) is 29.1 Å². The molecule has 0 aromatic heterocycles. The number of hydrogen-bond donors (Lipinski definition) is 1. The van der Waals surface area contributed by atoms with Gasteiger partial charge >= 0.3 is 0 Å². The number of carbonyl (C=O) groups excluding carboxylic acids is 3. The van der Waals surface area contributed by atoms with Gasteiger partial charge in [0.25, 0.3) is 0 Å². The summed E-state index contributed by atoms with van der Waals surface area (Å²) in [5.41, 5.74) is 0. The Kier molecular flexibility index (Phi) is 9.19. The van der Waals surface area contributed by atoms with Crippen LogP contribution in [0.5, 0.6) is 0 Å². The minimum Gasteiger partial charge on any atom is -0.394 e. The van der Waals surface area contributed by atoms with E-state index in [-0.39, 0.29) is 40.4 Å². The van der Waals surface area contributed by atoms with E-state index in [1.165, 1.54) is 0 Å². The first-order chi connectivity index (χ1) is 16.6. The van der Waals surface area contributed by atoms with Crippen molar-refractivity contribution in [3.63, 3.8) is 0 Å². The van der Waals surface area contributed by atoms with Crippen molar-refractivity contribution in [1.29, 1.82) is 0 Å². The largest absolute Gasteiger partial charge is 0.394 e. The Hall–Kier alpha value is -1.32. The number of amides is 3. The van der Waals surface area contributed by atoms with Gasteiger partial charge in [-0.3, -0.25) is 14.4 Å². The topological polar surface area (TPSA) is 81.2 Å². The van der Waals surface area contributed by atoms with Crippen LogP contribution in [0.1, 0.15) is 47.0 Å². The van der Waals surface area contributed by atoms with Gasteiger partial charge in [0, 0.05) is 35.8 Å². The number of fused-ring (bicyclic) bond motifs is 1. The highest BCUT2D eigenvalue weighted by Crippen LogP contribution is 2.68. The lowest BCUT2D eigenvalue weighted by Gasteiger charge is -2.41. The van der Waals surface area contributed by atoms with Crippen molar-refractivity contribution in [3.8, 4) is 0 Å². The van der Waals surface area contributed by atoms with E-state index in [9.17, 15) is 19.5 Å². The molecule has 3 unspecified atom stereocenters. The van der Waals surface area contributed by atoms with Crippen molar-refractivity contribution in [2.75, 3.05) is 26.2 Å². The Balaban J connectivity index is 2.13. The normalized spacial score (nSPS) is 32.0. The van der Waals surface area contributed by atoms with Crippen LogP contribution in [0, 0.1) is 11.8 Å². The molecule has 0 aromatic carbocycles. The maximum absolute atomic E-state index is 14.2. The molecule has 7 nitrogen and oxygen atoms in total. The molecule has 1 N–H and O–H groups in total. The van der Waals surface area contributed by atoms with Gasteiger partial charge in [0.1, 0.15) is 6.04 Å². The average molecular weight is 571 g/mol. The monoisotopic (exact) mass is 569 g/mol. The second-order valence-electron chi connectivity index (χ2n) is 10.1. The fraction of sp³-hybridized carbons (Fsp3) is 0.731. The van der Waals surface area contributed by atoms with Crippen molar-refractivity contribution in [2.24, 2.45) is 11.8 Å². The van der Waals surface area contributed by atoms with Crippen LogP contribution in [0.25, 0.3) is 0 Å². The van der Waals surface area contributed by atoms with E-state index >= 15 is 0 Å². The third-order valence-electron chi connectivity index (χ3n) is 7.71. The van der Waals surface area contributed by atoms with E-state index < -0.39 is 28.7 Å². The van der Waals surface area contributed by atoms with Crippen molar-refractivity contribution in [3.05, 3.63) is 25.3 Å². The number of rotatable bonds is 12. The average Bonchev–Trinajstić information content (AvgIpc) is 3.41. The summed E-state index contributed by atoms with van der Waals surface area (Å²) in [5.74, 6) is -1.43. The number of carbonyl (C=O) groups is 3. The first-order valence-corrected chi connectivity index (χ1v) is 14.5. The van der Waals surface area contributed by atoms with E-state index in [1.807, 2.05) is 27.7 Å². The third-order valence-corrected chi connectivity index (χ3v) is 10.9. The number of likely N-dealkylation sites (tertiary alicyclic amines) is 1. The zero-order valence-electron chi connectivity index (χ0n) is 21.4. The van der Waals surface area contributed by atoms with Crippen molar-refractivity contribution < 1.29 is 19.5 Å². The summed E-state index contributed by atoms with van der Waals surface area (Å²) < 4.78 is -0.712. The van der Waals surface area contributed by atoms with Crippen molar-refractivity contribution in [2.45, 2.75) is 79.9 Å². The maximum Gasteiger partial charge on any atom is 0.247 e. The Morgan fingerprint density at radius 1 is 1.26 bits per heavy atom. The Morgan fingerprint density at radius 2 is 1.91 bits per heavy atom. The molecule has 2 bridgehead atoms. The molecule has 196 valence electrons. The minimum absolute atomic E-state index is 0.0223. The van der Waals surface area contributed by atoms with Gasteiger partial charge in [0.05, 0.1) is 29.2 Å². The van der Waals surface area contributed by atoms with E-state index in [1.54, 1.807) is 38.6 Å². The number of halogens is 1. The standard InChI is InChI=1S/C26H40BrN3O4S/c1-7-11-28(12-8-2)23(32)19-20-24(33)30(17(10-4)15-31)22(25(34)29(13-9-3)16(5)6)26(20)14-18(27)21(19)35-26/h7,9,16-22,31H,1,3,8,10-15H2,2,4-6H3/t17-,18?,19+,20-,21+,22?,26?/m0/s1. The summed E-state index contributed by atoms with van der Waals surface area (Å²) in [7, 11) is 0. The van der Waals surface area contributed by atoms with Gasteiger partial charge < -0.3 is 19.8 Å². The maximum atomic E-state index is 14.2. The van der Waals surface area contributed by atoms with Gasteiger partial charge in [-0.2, -0.15) is 0 Å². The first kappa shape index (κ1) is 28.3. The van der Waals surface area contributed by atoms with Gasteiger partial charge in [-0.1, -0.05) is 41.9 Å². The lowest BCUT2D eigenvalue weighted by atomic mass is 9.70. The fourth-order valence-electron chi connectivity index (χ4n) is 6.22. The number of thioether (sulfide) groups is 1. The van der Waals surface area contributed by atoms with Crippen LogP contribution >= 0.6 is 27.7 Å². The summed E-state index contributed by atoms with van der Waals surface area (Å²) in [4.78, 5) is 47.4. The summed E-state index contributed by atoms with van der Waals surface area (Å²) in [6.07, 6.45) is 5.40. The summed E-state index contributed by atoms with van der Waals surface area (Å²) >= 11 is 5.45. The molecule has 3 aliphatic rings. The van der Waals surface area contributed by atoms with Crippen LogP contribution in [0.15, 0.2) is 25.3 Å². The van der Waals surface area contributed by atoms with Crippen LogP contribution in [0.2, 0.25) is 0 Å². The molecule has 0 radical (unpaired) electrons. The molecule has 9 heteroatoms. The van der Waals surface area contributed by atoms with Crippen LogP contribution in [-0.2, 0) is 14.4 Å². The van der Waals surface area contributed by atoms with Gasteiger partial charge in [0.15, 0.2) is 0 Å². The van der Waals surface area contributed by atoms with Gasteiger partial charge in [0.2, 0.25) is 17.7 Å². The fourth-order valence-corrected chi connectivity index (χ4v) is 9.80. The molecular weight excluding hydrogens is 530 g/mol. The highest BCUT2D eigenvalue weighted by Gasteiger charge is 2.76. The van der Waals surface area contributed by atoms with Crippen molar-refractivity contribution in [1.82, 2.24) is 14.7 Å². The van der Waals surface area contributed by atoms with E-state index in [0.717, 1.165) is 6.42 Å². The molecule has 0 saturated carbocycles. The van der Waals surface area contributed by atoms with Crippen LogP contribution < -0.4 is 0 Å². The number of nitrogens with zero attached hydrogens (tertiary/aromatic N) is 3. The zero-order chi connectivity index (χ0) is 26.1. The molecule has 3 fully saturated rings. The molecule has 3 heterocycles. The van der Waals surface area contributed by atoms with E-state index in [4.69, 9.17) is 0 Å². The highest BCUT2D eigenvalue weighted by atomic mass is 79.9. The van der Waals surface area contributed by atoms with Gasteiger partial charge in [-0.05, 0) is 33.1 Å². The number of aliphatic hydroxyl groups excluding tert-OH is 1. The highest BCUT2D eigenvalue weighted by molar-refractivity contribution is 9.09. The zero-order valence-corrected chi connectivity index (χ0v) is 23.8. The first-order valence-electron chi connectivity index (χ1n) is 12.7.